The van der Waals surface area contributed by atoms with E-state index in [2.05, 4.69) is 56.3 Å². The molecule has 1 unspecified atom stereocenters. The number of benzene rings is 2. The maximum atomic E-state index is 13.5. The van der Waals surface area contributed by atoms with E-state index in [1.165, 1.54) is 11.1 Å². The van der Waals surface area contributed by atoms with Crippen LogP contribution in [0.4, 0.5) is 0 Å². The highest BCUT2D eigenvalue weighted by atomic mass is 16.5. The van der Waals surface area contributed by atoms with Crippen molar-refractivity contribution < 1.29 is 14.3 Å². The van der Waals surface area contributed by atoms with E-state index < -0.39 is 0 Å². The lowest BCUT2D eigenvalue weighted by molar-refractivity contribution is -0.143. The minimum atomic E-state index is -0.201. The molecule has 0 saturated heterocycles. The Balaban J connectivity index is 1.92. The highest BCUT2D eigenvalue weighted by Gasteiger charge is 2.34. The highest BCUT2D eigenvalue weighted by Crippen LogP contribution is 2.33. The number of nitrogens with zero attached hydrogens (tertiary/aromatic N) is 3. The van der Waals surface area contributed by atoms with Crippen molar-refractivity contribution in [2.75, 3.05) is 26.8 Å². The Hall–Kier alpha value is -2.99. The Kier molecular flexibility index (Phi) is 8.03. The number of carbonyl (C=O) groups is 2. The van der Waals surface area contributed by atoms with Crippen LogP contribution in [0.3, 0.4) is 0 Å². The van der Waals surface area contributed by atoms with E-state index in [-0.39, 0.29) is 30.3 Å². The van der Waals surface area contributed by atoms with Crippen LogP contribution < -0.4 is 0 Å². The van der Waals surface area contributed by atoms with Crippen molar-refractivity contribution >= 4 is 17.5 Å². The summed E-state index contributed by atoms with van der Waals surface area (Å²) in [6.45, 7) is 10.6. The molecule has 2 aromatic carbocycles. The highest BCUT2D eigenvalue weighted by molar-refractivity contribution is 6.03. The van der Waals surface area contributed by atoms with Gasteiger partial charge in [0.05, 0.1) is 18.4 Å². The van der Waals surface area contributed by atoms with Crippen molar-refractivity contribution in [1.82, 2.24) is 9.91 Å². The first-order chi connectivity index (χ1) is 15.7. The summed E-state index contributed by atoms with van der Waals surface area (Å²) in [5, 5.41) is 6.35. The normalized spacial score (nSPS) is 15.7. The zero-order chi connectivity index (χ0) is 24.1. The standard InChI is InChI=1S/C27H35N3O3/c1-18(2)27(32)29(13-14-33-6)17-26(31)30-25(22-10-7-19(3)8-11-22)16-24(28-30)23-12-9-20(4)21(5)15-23/h7-12,15,18,25H,13-14,16-17H2,1-6H3. The second kappa shape index (κ2) is 10.8. The van der Waals surface area contributed by atoms with Crippen LogP contribution in [0, 0.1) is 26.7 Å². The van der Waals surface area contributed by atoms with Gasteiger partial charge in [-0.15, -0.1) is 0 Å². The van der Waals surface area contributed by atoms with Gasteiger partial charge in [0.15, 0.2) is 0 Å². The second-order valence-electron chi connectivity index (χ2n) is 9.12. The first kappa shape index (κ1) is 24.6. The molecule has 3 rings (SSSR count). The molecule has 2 aromatic rings. The van der Waals surface area contributed by atoms with Crippen LogP contribution in [-0.4, -0.2) is 54.2 Å². The smallest absolute Gasteiger partial charge is 0.262 e. The molecule has 6 nitrogen and oxygen atoms in total. The van der Waals surface area contributed by atoms with Gasteiger partial charge in [-0.1, -0.05) is 55.8 Å². The van der Waals surface area contributed by atoms with E-state index in [9.17, 15) is 9.59 Å². The molecule has 0 saturated carbocycles. The Labute approximate surface area is 197 Å². The van der Waals surface area contributed by atoms with Gasteiger partial charge in [-0.2, -0.15) is 5.10 Å². The van der Waals surface area contributed by atoms with Crippen LogP contribution in [-0.2, 0) is 14.3 Å². The predicted molar refractivity (Wildman–Crippen MR) is 131 cm³/mol. The number of hydrogen-bond acceptors (Lipinski definition) is 4. The van der Waals surface area contributed by atoms with Crippen molar-refractivity contribution in [3.8, 4) is 0 Å². The molecule has 0 N–H and O–H groups in total. The first-order valence-corrected chi connectivity index (χ1v) is 11.5. The molecule has 176 valence electrons. The molecule has 1 atom stereocenters. The molecule has 0 aromatic heterocycles. The molecule has 1 heterocycles. The first-order valence-electron chi connectivity index (χ1n) is 11.5. The van der Waals surface area contributed by atoms with Crippen molar-refractivity contribution in [3.05, 3.63) is 70.3 Å². The van der Waals surface area contributed by atoms with Crippen LogP contribution in [0.1, 0.15) is 54.1 Å². The third kappa shape index (κ3) is 5.88. The number of carbonyl (C=O) groups excluding carboxylic acids is 2. The van der Waals surface area contributed by atoms with Crippen molar-refractivity contribution in [2.45, 2.75) is 47.1 Å². The monoisotopic (exact) mass is 449 g/mol. The maximum absolute atomic E-state index is 13.5. The Bertz CT molecular complexity index is 1030. The van der Waals surface area contributed by atoms with Crippen molar-refractivity contribution in [1.29, 1.82) is 0 Å². The number of hydrogen-bond donors (Lipinski definition) is 0. The van der Waals surface area contributed by atoms with Gasteiger partial charge in [0.2, 0.25) is 5.91 Å². The summed E-state index contributed by atoms with van der Waals surface area (Å²) in [5.74, 6) is -0.454. The van der Waals surface area contributed by atoms with E-state index in [4.69, 9.17) is 9.84 Å². The zero-order valence-corrected chi connectivity index (χ0v) is 20.6. The van der Waals surface area contributed by atoms with Gasteiger partial charge in [-0.3, -0.25) is 9.59 Å². The van der Waals surface area contributed by atoms with Gasteiger partial charge in [0.25, 0.3) is 5.91 Å². The SMILES string of the molecule is COCCN(CC(=O)N1N=C(c2ccc(C)c(C)c2)CC1c1ccc(C)cc1)C(=O)C(C)C. The van der Waals surface area contributed by atoms with Crippen molar-refractivity contribution in [2.24, 2.45) is 11.0 Å². The van der Waals surface area contributed by atoms with Crippen LogP contribution in [0.25, 0.3) is 0 Å². The summed E-state index contributed by atoms with van der Waals surface area (Å²) in [6, 6.07) is 14.3. The van der Waals surface area contributed by atoms with E-state index >= 15 is 0 Å². The largest absolute Gasteiger partial charge is 0.383 e. The Morgan fingerprint density at radius 3 is 2.39 bits per heavy atom. The fourth-order valence-electron chi connectivity index (χ4n) is 3.95. The molecule has 0 fully saturated rings. The van der Waals surface area contributed by atoms with Gasteiger partial charge in [-0.25, -0.2) is 5.01 Å². The summed E-state index contributed by atoms with van der Waals surface area (Å²) in [7, 11) is 1.59. The Morgan fingerprint density at radius 2 is 1.79 bits per heavy atom. The molecule has 0 aliphatic carbocycles. The molecule has 0 radical (unpaired) electrons. The van der Waals surface area contributed by atoms with Gasteiger partial charge >= 0.3 is 0 Å². The lowest BCUT2D eigenvalue weighted by Gasteiger charge is -2.28. The molecule has 0 bridgehead atoms. The summed E-state index contributed by atoms with van der Waals surface area (Å²) in [5.41, 5.74) is 6.53. The number of ether oxygens (including phenoxy) is 1. The Morgan fingerprint density at radius 1 is 1.09 bits per heavy atom. The van der Waals surface area contributed by atoms with Gasteiger partial charge < -0.3 is 9.64 Å². The fourth-order valence-corrected chi connectivity index (χ4v) is 3.95. The molecule has 1 aliphatic heterocycles. The minimum absolute atomic E-state index is 0.0214. The van der Waals surface area contributed by atoms with E-state index in [0.29, 0.717) is 19.6 Å². The number of amides is 2. The minimum Gasteiger partial charge on any atom is -0.383 e. The fraction of sp³-hybridized carbons (Fsp3) is 0.444. The quantitative estimate of drug-likeness (QED) is 0.599. The molecule has 2 amide bonds. The molecule has 0 spiro atoms. The number of hydrazone groups is 1. The zero-order valence-electron chi connectivity index (χ0n) is 20.6. The molecule has 6 heteroatoms. The summed E-state index contributed by atoms with van der Waals surface area (Å²) in [6.07, 6.45) is 0.632. The van der Waals surface area contributed by atoms with Crippen molar-refractivity contribution in [3.63, 3.8) is 0 Å². The second-order valence-corrected chi connectivity index (χ2v) is 9.12. The lowest BCUT2D eigenvalue weighted by Crippen LogP contribution is -2.44. The average molecular weight is 450 g/mol. The third-order valence-corrected chi connectivity index (χ3v) is 6.17. The van der Waals surface area contributed by atoms with Gasteiger partial charge in [0, 0.05) is 26.0 Å². The molecular weight excluding hydrogens is 414 g/mol. The molecular formula is C27H35N3O3. The summed E-state index contributed by atoms with van der Waals surface area (Å²) < 4.78 is 5.16. The van der Waals surface area contributed by atoms with E-state index in [0.717, 1.165) is 22.4 Å². The van der Waals surface area contributed by atoms with Crippen LogP contribution in [0.15, 0.2) is 47.6 Å². The lowest BCUT2D eigenvalue weighted by atomic mass is 9.96. The number of rotatable bonds is 8. The summed E-state index contributed by atoms with van der Waals surface area (Å²) in [4.78, 5) is 27.8. The van der Waals surface area contributed by atoms with Gasteiger partial charge in [0.1, 0.15) is 6.54 Å². The molecule has 1 aliphatic rings. The predicted octanol–water partition coefficient (Wildman–Crippen LogP) is 4.42. The topological polar surface area (TPSA) is 62.2 Å². The van der Waals surface area contributed by atoms with E-state index in [1.807, 2.05) is 20.8 Å². The third-order valence-electron chi connectivity index (χ3n) is 6.17. The maximum Gasteiger partial charge on any atom is 0.262 e. The average Bonchev–Trinajstić information content (AvgIpc) is 3.24. The number of aryl methyl sites for hydroxylation is 3. The van der Waals surface area contributed by atoms with Crippen LogP contribution >= 0.6 is 0 Å². The van der Waals surface area contributed by atoms with E-state index in [1.54, 1.807) is 17.0 Å². The summed E-state index contributed by atoms with van der Waals surface area (Å²) >= 11 is 0. The van der Waals surface area contributed by atoms with Crippen LogP contribution in [0.5, 0.6) is 0 Å². The molecule has 33 heavy (non-hydrogen) atoms. The van der Waals surface area contributed by atoms with Crippen LogP contribution in [0.2, 0.25) is 0 Å². The van der Waals surface area contributed by atoms with Gasteiger partial charge in [-0.05, 0) is 49.1 Å². The number of methoxy groups -OCH3 is 1.